The Morgan fingerprint density at radius 2 is 1.83 bits per heavy atom. The van der Waals surface area contributed by atoms with E-state index in [4.69, 9.17) is 0 Å². The lowest BCUT2D eigenvalue weighted by Crippen LogP contribution is -2.51. The van der Waals surface area contributed by atoms with Gasteiger partial charge in [-0.25, -0.2) is 0 Å². The predicted molar refractivity (Wildman–Crippen MR) is 72.6 cm³/mol. The first-order valence-electron chi connectivity index (χ1n) is 7.04. The highest BCUT2D eigenvalue weighted by molar-refractivity contribution is 5.78. The third kappa shape index (κ3) is 3.67. The van der Waals surface area contributed by atoms with Crippen molar-refractivity contribution in [2.75, 3.05) is 59.9 Å². The first-order valence-corrected chi connectivity index (χ1v) is 7.04. The van der Waals surface area contributed by atoms with E-state index in [0.29, 0.717) is 12.6 Å². The SMILES string of the molecule is CN1CCC(N(C)CC(=O)N2CCNCC2)CC1. The van der Waals surface area contributed by atoms with Crippen LogP contribution in [0.1, 0.15) is 12.8 Å². The topological polar surface area (TPSA) is 38.8 Å². The van der Waals surface area contributed by atoms with Crippen molar-refractivity contribution < 1.29 is 4.79 Å². The van der Waals surface area contributed by atoms with Crippen LogP contribution >= 0.6 is 0 Å². The normalized spacial score (nSPS) is 23.6. The van der Waals surface area contributed by atoms with Gasteiger partial charge in [-0.3, -0.25) is 9.69 Å². The molecule has 2 heterocycles. The smallest absolute Gasteiger partial charge is 0.236 e. The lowest BCUT2D eigenvalue weighted by Gasteiger charge is -2.36. The van der Waals surface area contributed by atoms with Crippen molar-refractivity contribution in [3.8, 4) is 0 Å². The van der Waals surface area contributed by atoms with E-state index in [-0.39, 0.29) is 5.91 Å². The molecule has 0 saturated carbocycles. The third-order valence-corrected chi connectivity index (χ3v) is 4.17. The van der Waals surface area contributed by atoms with Crippen LogP contribution in [0, 0.1) is 0 Å². The van der Waals surface area contributed by atoms with Crippen molar-refractivity contribution in [1.29, 1.82) is 0 Å². The number of nitrogens with zero attached hydrogens (tertiary/aromatic N) is 3. The van der Waals surface area contributed by atoms with E-state index < -0.39 is 0 Å². The van der Waals surface area contributed by atoms with E-state index >= 15 is 0 Å². The first kappa shape index (κ1) is 13.8. The lowest BCUT2D eigenvalue weighted by molar-refractivity contribution is -0.133. The second kappa shape index (κ2) is 6.50. The zero-order valence-corrected chi connectivity index (χ0v) is 11.7. The van der Waals surface area contributed by atoms with Crippen LogP contribution < -0.4 is 5.32 Å². The van der Waals surface area contributed by atoms with Gasteiger partial charge in [0.05, 0.1) is 6.54 Å². The molecular weight excluding hydrogens is 228 g/mol. The summed E-state index contributed by atoms with van der Waals surface area (Å²) >= 11 is 0. The van der Waals surface area contributed by atoms with E-state index in [2.05, 4.69) is 29.2 Å². The molecule has 1 N–H and O–H groups in total. The molecule has 0 radical (unpaired) electrons. The maximum Gasteiger partial charge on any atom is 0.236 e. The number of hydrogen-bond donors (Lipinski definition) is 1. The molecule has 2 aliphatic rings. The maximum absolute atomic E-state index is 12.2. The van der Waals surface area contributed by atoms with Gasteiger partial charge in [-0.2, -0.15) is 0 Å². The zero-order valence-electron chi connectivity index (χ0n) is 11.7. The van der Waals surface area contributed by atoms with Gasteiger partial charge in [0.2, 0.25) is 5.91 Å². The Morgan fingerprint density at radius 1 is 1.22 bits per heavy atom. The van der Waals surface area contributed by atoms with E-state index in [1.54, 1.807) is 0 Å². The monoisotopic (exact) mass is 254 g/mol. The maximum atomic E-state index is 12.2. The standard InChI is InChI=1S/C13H26N4O/c1-15-7-3-12(4-8-15)16(2)11-13(18)17-9-5-14-6-10-17/h12,14H,3-11H2,1-2H3. The van der Waals surface area contributed by atoms with Gasteiger partial charge >= 0.3 is 0 Å². The Hall–Kier alpha value is -0.650. The van der Waals surface area contributed by atoms with Crippen LogP contribution in [0.4, 0.5) is 0 Å². The molecule has 2 saturated heterocycles. The number of nitrogens with one attached hydrogen (secondary N) is 1. The molecule has 0 aliphatic carbocycles. The summed E-state index contributed by atoms with van der Waals surface area (Å²) in [5, 5.41) is 3.28. The molecule has 18 heavy (non-hydrogen) atoms. The van der Waals surface area contributed by atoms with Gasteiger partial charge < -0.3 is 15.1 Å². The number of carbonyl (C=O) groups is 1. The highest BCUT2D eigenvalue weighted by Crippen LogP contribution is 2.14. The Balaban J connectivity index is 1.75. The summed E-state index contributed by atoms with van der Waals surface area (Å²) in [6.45, 7) is 6.47. The van der Waals surface area contributed by atoms with Crippen LogP contribution in [0.2, 0.25) is 0 Å². The molecule has 0 aromatic heterocycles. The number of hydrogen-bond acceptors (Lipinski definition) is 4. The fourth-order valence-corrected chi connectivity index (χ4v) is 2.79. The number of likely N-dealkylation sites (N-methyl/N-ethyl adjacent to an activating group) is 1. The lowest BCUT2D eigenvalue weighted by atomic mass is 10.0. The van der Waals surface area contributed by atoms with Crippen LogP contribution in [0.25, 0.3) is 0 Å². The van der Waals surface area contributed by atoms with Crippen molar-refractivity contribution in [3.63, 3.8) is 0 Å². The van der Waals surface area contributed by atoms with Gasteiger partial charge in [-0.1, -0.05) is 0 Å². The summed E-state index contributed by atoms with van der Waals surface area (Å²) in [7, 11) is 4.26. The second-order valence-corrected chi connectivity index (χ2v) is 5.58. The number of amides is 1. The molecule has 2 fully saturated rings. The summed E-state index contributed by atoms with van der Waals surface area (Å²) in [4.78, 5) is 18.8. The number of piperidine rings is 1. The minimum absolute atomic E-state index is 0.290. The van der Waals surface area contributed by atoms with E-state index in [1.807, 2.05) is 4.90 Å². The van der Waals surface area contributed by atoms with E-state index in [9.17, 15) is 4.79 Å². The van der Waals surface area contributed by atoms with Crippen LogP contribution in [0.15, 0.2) is 0 Å². The van der Waals surface area contributed by atoms with Crippen molar-refractivity contribution >= 4 is 5.91 Å². The Bertz CT molecular complexity index is 270. The van der Waals surface area contributed by atoms with Gasteiger partial charge in [-0.15, -0.1) is 0 Å². The Labute approximate surface area is 110 Å². The fourth-order valence-electron chi connectivity index (χ4n) is 2.79. The summed E-state index contributed by atoms with van der Waals surface area (Å²) in [6, 6.07) is 0.577. The molecule has 5 nitrogen and oxygen atoms in total. The molecule has 0 bridgehead atoms. The predicted octanol–water partition coefficient (Wildman–Crippen LogP) is -0.556. The fraction of sp³-hybridized carbons (Fsp3) is 0.923. The summed E-state index contributed by atoms with van der Waals surface area (Å²) in [5.74, 6) is 0.290. The number of likely N-dealkylation sites (tertiary alicyclic amines) is 1. The molecule has 1 amide bonds. The van der Waals surface area contributed by atoms with Gasteiger partial charge in [0.25, 0.3) is 0 Å². The quantitative estimate of drug-likeness (QED) is 0.733. The number of rotatable bonds is 3. The highest BCUT2D eigenvalue weighted by atomic mass is 16.2. The molecule has 104 valence electrons. The molecule has 0 unspecified atom stereocenters. The van der Waals surface area contributed by atoms with E-state index in [0.717, 1.165) is 39.3 Å². The molecule has 0 aromatic carbocycles. The van der Waals surface area contributed by atoms with Crippen LogP contribution in [-0.2, 0) is 4.79 Å². The van der Waals surface area contributed by atoms with Crippen molar-refractivity contribution in [3.05, 3.63) is 0 Å². The largest absolute Gasteiger partial charge is 0.339 e. The Kier molecular flexibility index (Phi) is 4.97. The van der Waals surface area contributed by atoms with Crippen LogP contribution in [0.5, 0.6) is 0 Å². The van der Waals surface area contributed by atoms with Gasteiger partial charge in [0, 0.05) is 32.2 Å². The first-order chi connectivity index (χ1) is 8.66. The van der Waals surface area contributed by atoms with Crippen molar-refractivity contribution in [2.24, 2.45) is 0 Å². The highest BCUT2D eigenvalue weighted by Gasteiger charge is 2.24. The van der Waals surface area contributed by atoms with Gasteiger partial charge in [0.15, 0.2) is 0 Å². The minimum atomic E-state index is 0.290. The molecular formula is C13H26N4O. The average molecular weight is 254 g/mol. The van der Waals surface area contributed by atoms with Crippen molar-refractivity contribution in [2.45, 2.75) is 18.9 Å². The molecule has 0 aromatic rings. The molecule has 2 aliphatic heterocycles. The summed E-state index contributed by atoms with van der Waals surface area (Å²) in [5.41, 5.74) is 0. The zero-order chi connectivity index (χ0) is 13.0. The molecule has 2 rings (SSSR count). The minimum Gasteiger partial charge on any atom is -0.339 e. The van der Waals surface area contributed by atoms with Gasteiger partial charge in [-0.05, 0) is 40.0 Å². The second-order valence-electron chi connectivity index (χ2n) is 5.58. The third-order valence-electron chi connectivity index (χ3n) is 4.17. The summed E-state index contributed by atoms with van der Waals surface area (Å²) < 4.78 is 0. The molecule has 5 heteroatoms. The van der Waals surface area contributed by atoms with E-state index in [1.165, 1.54) is 12.8 Å². The summed E-state index contributed by atoms with van der Waals surface area (Å²) in [6.07, 6.45) is 2.36. The Morgan fingerprint density at radius 3 is 2.44 bits per heavy atom. The molecule has 0 atom stereocenters. The number of carbonyl (C=O) groups excluding carboxylic acids is 1. The average Bonchev–Trinajstić information content (AvgIpc) is 2.40. The van der Waals surface area contributed by atoms with Crippen LogP contribution in [0.3, 0.4) is 0 Å². The van der Waals surface area contributed by atoms with Crippen LogP contribution in [-0.4, -0.2) is 86.6 Å². The molecule has 0 spiro atoms. The van der Waals surface area contributed by atoms with Gasteiger partial charge in [0.1, 0.15) is 0 Å². The van der Waals surface area contributed by atoms with Crippen molar-refractivity contribution in [1.82, 2.24) is 20.0 Å². The number of piperazine rings is 1.